The Morgan fingerprint density at radius 2 is 1.79 bits per heavy atom. The number of pyridine rings is 2. The number of hydrogen-bond acceptors (Lipinski definition) is 3. The quantitative estimate of drug-likeness (QED) is 0.429. The third-order valence-corrected chi connectivity index (χ3v) is 6.30. The van der Waals surface area contributed by atoms with Gasteiger partial charge in [0.2, 0.25) is 0 Å². The zero-order chi connectivity index (χ0) is 23.3. The van der Waals surface area contributed by atoms with Gasteiger partial charge in [-0.15, -0.1) is 0 Å². The summed E-state index contributed by atoms with van der Waals surface area (Å²) in [6, 6.07) is 9.28. The third-order valence-electron chi connectivity index (χ3n) is 6.30. The van der Waals surface area contributed by atoms with Gasteiger partial charge in [0.05, 0.1) is 28.0 Å². The Balaban J connectivity index is 1.63. The van der Waals surface area contributed by atoms with Gasteiger partial charge in [0.1, 0.15) is 11.6 Å². The molecule has 7 heteroatoms. The van der Waals surface area contributed by atoms with Gasteiger partial charge in [0.25, 0.3) is 5.91 Å². The SMILES string of the molecule is Cc1nn2c(C(C)C)c(C(=O)N3CCc4cnccc4C3)ccc2c1-c1c(F)cccc1F. The lowest BCUT2D eigenvalue weighted by molar-refractivity contribution is 0.0732. The molecule has 0 saturated heterocycles. The summed E-state index contributed by atoms with van der Waals surface area (Å²) < 4.78 is 30.9. The van der Waals surface area contributed by atoms with Gasteiger partial charge in [-0.25, -0.2) is 13.3 Å². The highest BCUT2D eigenvalue weighted by Gasteiger charge is 2.28. The molecule has 4 heterocycles. The molecular weight excluding hydrogens is 422 g/mol. The van der Waals surface area contributed by atoms with Crippen LogP contribution in [0, 0.1) is 18.6 Å². The minimum atomic E-state index is -0.638. The van der Waals surface area contributed by atoms with E-state index in [4.69, 9.17) is 0 Å². The van der Waals surface area contributed by atoms with Crippen LogP contribution >= 0.6 is 0 Å². The molecule has 0 spiro atoms. The fourth-order valence-electron chi connectivity index (χ4n) is 4.75. The Morgan fingerprint density at radius 3 is 2.52 bits per heavy atom. The van der Waals surface area contributed by atoms with Gasteiger partial charge in [-0.2, -0.15) is 5.10 Å². The van der Waals surface area contributed by atoms with Crippen LogP contribution in [0.1, 0.15) is 52.6 Å². The van der Waals surface area contributed by atoms with Crippen LogP contribution in [0.2, 0.25) is 0 Å². The Labute approximate surface area is 190 Å². The lowest BCUT2D eigenvalue weighted by Crippen LogP contribution is -2.36. The van der Waals surface area contributed by atoms with Crippen LogP contribution in [-0.4, -0.2) is 31.9 Å². The van der Waals surface area contributed by atoms with Crippen LogP contribution in [-0.2, 0) is 13.0 Å². The van der Waals surface area contributed by atoms with Gasteiger partial charge >= 0.3 is 0 Å². The maximum atomic E-state index is 14.6. The number of carbonyl (C=O) groups excluding carboxylic acids is 1. The summed E-state index contributed by atoms with van der Waals surface area (Å²) in [5, 5.41) is 4.62. The van der Waals surface area contributed by atoms with Crippen molar-refractivity contribution in [2.45, 2.75) is 39.7 Å². The highest BCUT2D eigenvalue weighted by molar-refractivity contribution is 5.97. The second-order valence-electron chi connectivity index (χ2n) is 8.76. The number of nitrogens with zero attached hydrogens (tertiary/aromatic N) is 4. The second-order valence-corrected chi connectivity index (χ2v) is 8.76. The molecule has 33 heavy (non-hydrogen) atoms. The number of hydrogen-bond donors (Lipinski definition) is 0. The molecule has 0 radical (unpaired) electrons. The summed E-state index contributed by atoms with van der Waals surface area (Å²) in [5.41, 5.74) is 4.94. The van der Waals surface area contributed by atoms with Crippen molar-refractivity contribution in [3.8, 4) is 11.1 Å². The van der Waals surface area contributed by atoms with E-state index >= 15 is 0 Å². The van der Waals surface area contributed by atoms with Gasteiger partial charge in [-0.1, -0.05) is 19.9 Å². The van der Waals surface area contributed by atoms with Crippen LogP contribution in [0.3, 0.4) is 0 Å². The molecular formula is C26H24F2N4O. The van der Waals surface area contributed by atoms with E-state index in [0.29, 0.717) is 35.4 Å². The summed E-state index contributed by atoms with van der Waals surface area (Å²) in [4.78, 5) is 19.6. The number of amides is 1. The third kappa shape index (κ3) is 3.48. The fourth-order valence-corrected chi connectivity index (χ4v) is 4.75. The Kier molecular flexibility index (Phi) is 5.19. The lowest BCUT2D eigenvalue weighted by atomic mass is 9.98. The van der Waals surface area contributed by atoms with E-state index in [1.807, 2.05) is 31.0 Å². The molecule has 1 aromatic carbocycles. The van der Waals surface area contributed by atoms with Crippen LogP contribution < -0.4 is 0 Å². The number of fused-ring (bicyclic) bond motifs is 2. The van der Waals surface area contributed by atoms with E-state index in [9.17, 15) is 13.6 Å². The van der Waals surface area contributed by atoms with Crippen molar-refractivity contribution in [3.63, 3.8) is 0 Å². The monoisotopic (exact) mass is 446 g/mol. The predicted octanol–water partition coefficient (Wildman–Crippen LogP) is 5.30. The van der Waals surface area contributed by atoms with Crippen molar-refractivity contribution in [1.82, 2.24) is 19.5 Å². The van der Waals surface area contributed by atoms with Crippen LogP contribution in [0.25, 0.3) is 16.6 Å². The minimum Gasteiger partial charge on any atom is -0.334 e. The molecule has 1 aliphatic rings. The average Bonchev–Trinajstić information content (AvgIpc) is 3.13. The van der Waals surface area contributed by atoms with E-state index in [1.54, 1.807) is 29.8 Å². The number of aryl methyl sites for hydroxylation is 1. The first-order valence-electron chi connectivity index (χ1n) is 11.0. The van der Waals surface area contributed by atoms with Crippen molar-refractivity contribution in [2.75, 3.05) is 6.54 Å². The van der Waals surface area contributed by atoms with E-state index in [0.717, 1.165) is 17.7 Å². The van der Waals surface area contributed by atoms with E-state index in [1.165, 1.54) is 23.8 Å². The minimum absolute atomic E-state index is 0.0356. The number of aromatic nitrogens is 3. The highest BCUT2D eigenvalue weighted by atomic mass is 19.1. The molecule has 0 aliphatic carbocycles. The molecule has 4 aromatic rings. The predicted molar refractivity (Wildman–Crippen MR) is 122 cm³/mol. The average molecular weight is 447 g/mol. The summed E-state index contributed by atoms with van der Waals surface area (Å²) in [7, 11) is 0. The first kappa shape index (κ1) is 21.2. The van der Waals surface area contributed by atoms with Crippen LogP contribution in [0.5, 0.6) is 0 Å². The van der Waals surface area contributed by atoms with Crippen LogP contribution in [0.15, 0.2) is 48.8 Å². The van der Waals surface area contributed by atoms with E-state index in [-0.39, 0.29) is 17.4 Å². The van der Waals surface area contributed by atoms with Gasteiger partial charge in [0, 0.05) is 31.0 Å². The molecule has 0 fully saturated rings. The molecule has 0 N–H and O–H groups in total. The first-order valence-corrected chi connectivity index (χ1v) is 11.0. The second kappa shape index (κ2) is 8.06. The largest absolute Gasteiger partial charge is 0.334 e. The van der Waals surface area contributed by atoms with Crippen molar-refractivity contribution in [3.05, 3.63) is 88.5 Å². The zero-order valence-corrected chi connectivity index (χ0v) is 18.8. The molecule has 0 bridgehead atoms. The molecule has 1 aliphatic heterocycles. The summed E-state index contributed by atoms with van der Waals surface area (Å²) >= 11 is 0. The standard InChI is InChI=1S/C26H24F2N4O/c1-15(2)25-19(26(33)31-12-10-17-13-29-11-9-18(17)14-31)7-8-22-23(16(3)30-32(22)25)24-20(27)5-4-6-21(24)28/h4-9,11,13,15H,10,12,14H2,1-3H3. The van der Waals surface area contributed by atoms with E-state index < -0.39 is 11.6 Å². The Hall–Kier alpha value is -3.61. The summed E-state index contributed by atoms with van der Waals surface area (Å²) in [6.45, 7) is 6.84. The van der Waals surface area contributed by atoms with Gasteiger partial charge in [0.15, 0.2) is 0 Å². The summed E-state index contributed by atoms with van der Waals surface area (Å²) in [6.07, 6.45) is 4.36. The molecule has 5 rings (SSSR count). The maximum Gasteiger partial charge on any atom is 0.256 e. The van der Waals surface area contributed by atoms with Gasteiger partial charge in [-0.05, 0) is 60.7 Å². The Morgan fingerprint density at radius 1 is 1.03 bits per heavy atom. The normalized spacial score (nSPS) is 13.6. The molecule has 0 atom stereocenters. The van der Waals surface area contributed by atoms with E-state index in [2.05, 4.69) is 10.1 Å². The smallest absolute Gasteiger partial charge is 0.256 e. The molecule has 168 valence electrons. The summed E-state index contributed by atoms with van der Waals surface area (Å²) in [5.74, 6) is -1.39. The van der Waals surface area contributed by atoms with Crippen molar-refractivity contribution in [1.29, 1.82) is 0 Å². The topological polar surface area (TPSA) is 50.5 Å². The fraction of sp³-hybridized carbons (Fsp3) is 0.269. The lowest BCUT2D eigenvalue weighted by Gasteiger charge is -2.29. The number of halogens is 2. The molecule has 5 nitrogen and oxygen atoms in total. The van der Waals surface area contributed by atoms with Gasteiger partial charge in [-0.3, -0.25) is 9.78 Å². The molecule has 0 saturated carbocycles. The van der Waals surface area contributed by atoms with Crippen molar-refractivity contribution in [2.24, 2.45) is 0 Å². The number of rotatable bonds is 3. The highest BCUT2D eigenvalue weighted by Crippen LogP contribution is 2.35. The number of benzene rings is 1. The zero-order valence-electron chi connectivity index (χ0n) is 18.8. The first-order chi connectivity index (χ1) is 15.9. The van der Waals surface area contributed by atoms with Crippen molar-refractivity contribution < 1.29 is 13.6 Å². The molecule has 1 amide bonds. The van der Waals surface area contributed by atoms with Crippen molar-refractivity contribution >= 4 is 11.4 Å². The molecule has 3 aromatic heterocycles. The van der Waals surface area contributed by atoms with Crippen LogP contribution in [0.4, 0.5) is 8.78 Å². The Bertz CT molecular complexity index is 1370. The molecule has 0 unspecified atom stereocenters. The maximum absolute atomic E-state index is 14.6. The number of carbonyl (C=O) groups is 1. The van der Waals surface area contributed by atoms with Gasteiger partial charge < -0.3 is 4.90 Å².